The molecule has 96 valence electrons. The number of halogens is 3. The summed E-state index contributed by atoms with van der Waals surface area (Å²) in [6.07, 6.45) is -3.42. The lowest BCUT2D eigenvalue weighted by Crippen LogP contribution is -2.21. The summed E-state index contributed by atoms with van der Waals surface area (Å²) in [5, 5.41) is 15.9. The van der Waals surface area contributed by atoms with Crippen LogP contribution >= 0.6 is 0 Å². The van der Waals surface area contributed by atoms with E-state index in [4.69, 9.17) is 20.7 Å². The number of aliphatic hydroxyl groups is 1. The molecule has 5 nitrogen and oxygen atoms in total. The van der Waals surface area contributed by atoms with Crippen LogP contribution in [0, 0.1) is 0 Å². The van der Waals surface area contributed by atoms with Crippen molar-refractivity contribution in [3.8, 4) is 0 Å². The normalized spacial score (nSPS) is 10.4. The van der Waals surface area contributed by atoms with Crippen molar-refractivity contribution >= 4 is 5.97 Å². The van der Waals surface area contributed by atoms with Gasteiger partial charge in [-0.1, -0.05) is 6.07 Å². The SMILES string of the molecule is NCc1ncccc1CO.O=C(O)C(F)(F)F. The van der Waals surface area contributed by atoms with Crippen molar-refractivity contribution in [2.24, 2.45) is 5.73 Å². The molecule has 0 aromatic carbocycles. The Morgan fingerprint density at radius 1 is 1.47 bits per heavy atom. The monoisotopic (exact) mass is 252 g/mol. The van der Waals surface area contributed by atoms with Crippen LogP contribution in [0.25, 0.3) is 0 Å². The van der Waals surface area contributed by atoms with Gasteiger partial charge in [0, 0.05) is 18.3 Å². The van der Waals surface area contributed by atoms with Gasteiger partial charge in [-0.3, -0.25) is 4.98 Å². The predicted molar refractivity (Wildman–Crippen MR) is 51.7 cm³/mol. The number of hydrogen-bond donors (Lipinski definition) is 3. The highest BCUT2D eigenvalue weighted by Gasteiger charge is 2.38. The molecule has 8 heteroatoms. The van der Waals surface area contributed by atoms with Crippen LogP contribution in [0.5, 0.6) is 0 Å². The standard InChI is InChI=1S/C7H10N2O.C2HF3O2/c8-4-7-6(5-10)2-1-3-9-7;3-2(4,5)1(6)7/h1-3,10H,4-5,8H2;(H,6,7). The van der Waals surface area contributed by atoms with Gasteiger partial charge in [-0.15, -0.1) is 0 Å². The van der Waals surface area contributed by atoms with E-state index in [-0.39, 0.29) is 6.61 Å². The van der Waals surface area contributed by atoms with Crippen LogP contribution in [-0.2, 0) is 17.9 Å². The molecular formula is C9H11F3N2O3. The Hall–Kier alpha value is -1.67. The number of aliphatic carboxylic acids is 1. The van der Waals surface area contributed by atoms with Gasteiger partial charge in [0.1, 0.15) is 0 Å². The molecule has 0 unspecified atom stereocenters. The average molecular weight is 252 g/mol. The molecule has 1 aromatic rings. The topological polar surface area (TPSA) is 96.4 Å². The molecule has 0 aliphatic carbocycles. The highest BCUT2D eigenvalue weighted by molar-refractivity contribution is 5.73. The van der Waals surface area contributed by atoms with Gasteiger partial charge in [0.15, 0.2) is 0 Å². The van der Waals surface area contributed by atoms with E-state index in [1.54, 1.807) is 12.3 Å². The summed E-state index contributed by atoms with van der Waals surface area (Å²) in [7, 11) is 0. The zero-order valence-electron chi connectivity index (χ0n) is 8.61. The fourth-order valence-corrected chi connectivity index (χ4v) is 0.799. The van der Waals surface area contributed by atoms with E-state index in [0.717, 1.165) is 11.3 Å². The van der Waals surface area contributed by atoms with Gasteiger partial charge in [-0.25, -0.2) is 4.79 Å². The maximum absolute atomic E-state index is 10.6. The zero-order chi connectivity index (χ0) is 13.5. The molecule has 1 heterocycles. The minimum Gasteiger partial charge on any atom is -0.475 e. The molecule has 1 aromatic heterocycles. The highest BCUT2D eigenvalue weighted by atomic mass is 19.4. The number of carboxylic acid groups (broad SMARTS) is 1. The molecule has 0 amide bonds. The molecule has 0 bridgehead atoms. The Kier molecular flexibility index (Phi) is 6.15. The molecule has 1 rings (SSSR count). The summed E-state index contributed by atoms with van der Waals surface area (Å²) in [5.74, 6) is -2.76. The summed E-state index contributed by atoms with van der Waals surface area (Å²) < 4.78 is 31.7. The maximum atomic E-state index is 10.6. The van der Waals surface area contributed by atoms with Crippen LogP contribution in [-0.4, -0.2) is 27.3 Å². The number of hydrogen-bond acceptors (Lipinski definition) is 4. The van der Waals surface area contributed by atoms with Crippen molar-refractivity contribution in [3.63, 3.8) is 0 Å². The first kappa shape index (κ1) is 15.3. The fraction of sp³-hybridized carbons (Fsp3) is 0.333. The van der Waals surface area contributed by atoms with Gasteiger partial charge in [-0.2, -0.15) is 13.2 Å². The Labute approximate surface area is 94.7 Å². The van der Waals surface area contributed by atoms with E-state index in [1.165, 1.54) is 0 Å². The van der Waals surface area contributed by atoms with Crippen LogP contribution in [0.4, 0.5) is 13.2 Å². The summed E-state index contributed by atoms with van der Waals surface area (Å²) >= 11 is 0. The van der Waals surface area contributed by atoms with E-state index in [0.29, 0.717) is 6.54 Å². The van der Waals surface area contributed by atoms with Gasteiger partial charge in [-0.05, 0) is 6.07 Å². The van der Waals surface area contributed by atoms with Crippen molar-refractivity contribution in [2.45, 2.75) is 19.3 Å². The van der Waals surface area contributed by atoms with Gasteiger partial charge in [0.05, 0.1) is 12.3 Å². The number of aromatic nitrogens is 1. The van der Waals surface area contributed by atoms with E-state index in [9.17, 15) is 13.2 Å². The summed E-state index contributed by atoms with van der Waals surface area (Å²) in [5.41, 5.74) is 6.93. The first-order chi connectivity index (χ1) is 7.82. The smallest absolute Gasteiger partial charge is 0.475 e. The van der Waals surface area contributed by atoms with Gasteiger partial charge in [0.2, 0.25) is 0 Å². The summed E-state index contributed by atoms with van der Waals surface area (Å²) in [6, 6.07) is 3.60. The van der Waals surface area contributed by atoms with Gasteiger partial charge < -0.3 is 15.9 Å². The third kappa shape index (κ3) is 5.83. The number of nitrogens with zero attached hydrogens (tertiary/aromatic N) is 1. The molecule has 0 saturated heterocycles. The average Bonchev–Trinajstić information content (AvgIpc) is 2.28. The third-order valence-corrected chi connectivity index (χ3v) is 1.59. The number of alkyl halides is 3. The molecule has 0 fully saturated rings. The number of carboxylic acids is 1. The number of nitrogens with two attached hydrogens (primary N) is 1. The van der Waals surface area contributed by atoms with Crippen molar-refractivity contribution in [3.05, 3.63) is 29.6 Å². The molecule has 0 saturated carbocycles. The van der Waals surface area contributed by atoms with Crippen LogP contribution < -0.4 is 5.73 Å². The van der Waals surface area contributed by atoms with E-state index < -0.39 is 12.1 Å². The lowest BCUT2D eigenvalue weighted by molar-refractivity contribution is -0.192. The van der Waals surface area contributed by atoms with Crippen molar-refractivity contribution in [1.82, 2.24) is 4.98 Å². The number of pyridine rings is 1. The lowest BCUT2D eigenvalue weighted by Gasteiger charge is -2.00. The molecule has 17 heavy (non-hydrogen) atoms. The Balaban J connectivity index is 0.000000325. The van der Waals surface area contributed by atoms with Crippen molar-refractivity contribution < 1.29 is 28.2 Å². The molecule has 4 N–H and O–H groups in total. The zero-order valence-corrected chi connectivity index (χ0v) is 8.61. The van der Waals surface area contributed by atoms with E-state index >= 15 is 0 Å². The highest BCUT2D eigenvalue weighted by Crippen LogP contribution is 2.13. The fourth-order valence-electron chi connectivity index (χ4n) is 0.799. The summed E-state index contributed by atoms with van der Waals surface area (Å²) in [6.45, 7) is 0.400. The largest absolute Gasteiger partial charge is 0.490 e. The maximum Gasteiger partial charge on any atom is 0.490 e. The lowest BCUT2D eigenvalue weighted by atomic mass is 10.2. The molecule has 0 aliphatic rings. The second-order valence-corrected chi connectivity index (χ2v) is 2.77. The molecule has 0 spiro atoms. The van der Waals surface area contributed by atoms with Gasteiger partial charge >= 0.3 is 12.1 Å². The van der Waals surface area contributed by atoms with Crippen LogP contribution in [0.1, 0.15) is 11.3 Å². The number of carbonyl (C=O) groups is 1. The quantitative estimate of drug-likeness (QED) is 0.718. The van der Waals surface area contributed by atoms with Gasteiger partial charge in [0.25, 0.3) is 0 Å². The number of aliphatic hydroxyl groups excluding tert-OH is 1. The molecule has 0 aliphatic heterocycles. The van der Waals surface area contributed by atoms with Crippen molar-refractivity contribution in [2.75, 3.05) is 0 Å². The molecule has 0 radical (unpaired) electrons. The van der Waals surface area contributed by atoms with E-state index in [2.05, 4.69) is 4.98 Å². The van der Waals surface area contributed by atoms with Crippen LogP contribution in [0.2, 0.25) is 0 Å². The molecule has 0 atom stereocenters. The second kappa shape index (κ2) is 6.81. The minimum atomic E-state index is -5.08. The predicted octanol–water partition coefficient (Wildman–Crippen LogP) is 0.666. The first-order valence-corrected chi connectivity index (χ1v) is 4.36. The second-order valence-electron chi connectivity index (χ2n) is 2.77. The van der Waals surface area contributed by atoms with Crippen LogP contribution in [0.3, 0.4) is 0 Å². The minimum absolute atomic E-state index is 0.0143. The Morgan fingerprint density at radius 2 is 2.00 bits per heavy atom. The number of rotatable bonds is 2. The van der Waals surface area contributed by atoms with E-state index in [1.807, 2.05) is 6.07 Å². The first-order valence-electron chi connectivity index (χ1n) is 4.36. The van der Waals surface area contributed by atoms with Crippen molar-refractivity contribution in [1.29, 1.82) is 0 Å². The Morgan fingerprint density at radius 3 is 2.29 bits per heavy atom. The third-order valence-electron chi connectivity index (χ3n) is 1.59. The summed E-state index contributed by atoms with van der Waals surface area (Å²) in [4.78, 5) is 12.9. The molecular weight excluding hydrogens is 241 g/mol. The Bertz CT molecular complexity index is 346. The van der Waals surface area contributed by atoms with Crippen LogP contribution in [0.15, 0.2) is 18.3 Å².